The van der Waals surface area contributed by atoms with Crippen LogP contribution in [-0.4, -0.2) is 25.5 Å². The summed E-state index contributed by atoms with van der Waals surface area (Å²) in [5.41, 5.74) is 0.975. The van der Waals surface area contributed by atoms with Gasteiger partial charge in [0.25, 0.3) is 0 Å². The molecule has 2 rings (SSSR count). The molecule has 0 aliphatic carbocycles. The molecule has 0 fully saturated rings. The number of hydrogen-bond donors (Lipinski definition) is 1. The maximum Gasteiger partial charge on any atom is 0.300 e. The number of aryl methyl sites for hydroxylation is 2. The molecule has 0 amide bonds. The molecule has 0 bridgehead atoms. The van der Waals surface area contributed by atoms with Crippen LogP contribution in [0.1, 0.15) is 31.5 Å². The number of aromatic nitrogens is 4. The van der Waals surface area contributed by atoms with E-state index in [1.54, 1.807) is 4.68 Å². The van der Waals surface area contributed by atoms with Gasteiger partial charge in [-0.25, -0.2) is 4.68 Å². The minimum Gasteiger partial charge on any atom is -0.411 e. The SMILES string of the molecule is Cc1cc(Oc2nnc(CNC(C)(C)C)s2)n(C)n1. The number of nitrogens with one attached hydrogen (secondary N) is 1. The minimum atomic E-state index is 0.0613. The first-order valence-electron chi connectivity index (χ1n) is 6.09. The fraction of sp³-hybridized carbons (Fsp3) is 0.583. The highest BCUT2D eigenvalue weighted by Gasteiger charge is 2.13. The second-order valence-electron chi connectivity index (χ2n) is 5.41. The van der Waals surface area contributed by atoms with Crippen molar-refractivity contribution in [2.75, 3.05) is 0 Å². The normalized spacial score (nSPS) is 11.8. The van der Waals surface area contributed by atoms with Gasteiger partial charge >= 0.3 is 5.19 Å². The maximum absolute atomic E-state index is 5.66. The first-order valence-corrected chi connectivity index (χ1v) is 6.91. The summed E-state index contributed by atoms with van der Waals surface area (Å²) in [6.45, 7) is 8.96. The lowest BCUT2D eigenvalue weighted by molar-refractivity contribution is 0.420. The van der Waals surface area contributed by atoms with Gasteiger partial charge in [-0.1, -0.05) is 16.4 Å². The van der Waals surface area contributed by atoms with Crippen LogP contribution in [0.2, 0.25) is 0 Å². The summed E-state index contributed by atoms with van der Waals surface area (Å²) in [6, 6.07) is 1.87. The van der Waals surface area contributed by atoms with Crippen molar-refractivity contribution in [3.05, 3.63) is 16.8 Å². The third-order valence-electron chi connectivity index (χ3n) is 2.37. The Bertz CT molecular complexity index is 555. The van der Waals surface area contributed by atoms with E-state index in [1.807, 2.05) is 20.0 Å². The van der Waals surface area contributed by atoms with Crippen molar-refractivity contribution < 1.29 is 4.74 Å². The predicted molar refractivity (Wildman–Crippen MR) is 74.5 cm³/mol. The number of hydrogen-bond acceptors (Lipinski definition) is 6. The Labute approximate surface area is 116 Å². The van der Waals surface area contributed by atoms with Crippen LogP contribution in [-0.2, 0) is 13.6 Å². The third-order valence-corrected chi connectivity index (χ3v) is 3.17. The van der Waals surface area contributed by atoms with Crippen molar-refractivity contribution in [3.8, 4) is 11.1 Å². The Balaban J connectivity index is 1.99. The molecule has 0 saturated carbocycles. The maximum atomic E-state index is 5.66. The molecule has 2 aromatic rings. The summed E-state index contributed by atoms with van der Waals surface area (Å²) in [6.07, 6.45) is 0. The Morgan fingerprint density at radius 3 is 2.68 bits per heavy atom. The van der Waals surface area contributed by atoms with E-state index < -0.39 is 0 Å². The van der Waals surface area contributed by atoms with Crippen molar-refractivity contribution in [2.24, 2.45) is 7.05 Å². The Hall–Kier alpha value is -1.47. The molecule has 7 heteroatoms. The van der Waals surface area contributed by atoms with Crippen LogP contribution < -0.4 is 10.1 Å². The van der Waals surface area contributed by atoms with Crippen molar-refractivity contribution in [3.63, 3.8) is 0 Å². The largest absolute Gasteiger partial charge is 0.411 e. The molecule has 0 radical (unpaired) electrons. The summed E-state index contributed by atoms with van der Waals surface area (Å²) in [5.74, 6) is 0.670. The molecular weight excluding hydrogens is 262 g/mol. The second kappa shape index (κ2) is 5.26. The minimum absolute atomic E-state index is 0.0613. The second-order valence-corrected chi connectivity index (χ2v) is 6.44. The summed E-state index contributed by atoms with van der Waals surface area (Å²) in [4.78, 5) is 0. The van der Waals surface area contributed by atoms with Crippen molar-refractivity contribution >= 4 is 11.3 Å². The van der Waals surface area contributed by atoms with Gasteiger partial charge in [-0.15, -0.1) is 5.10 Å². The van der Waals surface area contributed by atoms with Gasteiger partial charge in [0.2, 0.25) is 5.88 Å². The molecule has 0 aromatic carbocycles. The van der Waals surface area contributed by atoms with E-state index in [4.69, 9.17) is 4.74 Å². The van der Waals surface area contributed by atoms with E-state index in [0.29, 0.717) is 17.6 Å². The molecule has 0 unspecified atom stereocenters. The molecule has 19 heavy (non-hydrogen) atoms. The van der Waals surface area contributed by atoms with Gasteiger partial charge in [-0.2, -0.15) is 5.10 Å². The van der Waals surface area contributed by atoms with Crippen LogP contribution in [0.4, 0.5) is 0 Å². The van der Waals surface area contributed by atoms with Crippen molar-refractivity contribution in [1.82, 2.24) is 25.3 Å². The standard InChI is InChI=1S/C12H19N5OS/c1-8-6-10(17(5)16-8)18-11-15-14-9(19-11)7-13-12(2,3)4/h6,13H,7H2,1-5H3. The Kier molecular flexibility index (Phi) is 3.86. The molecule has 2 heterocycles. The average molecular weight is 281 g/mol. The molecular formula is C12H19N5OS. The van der Waals surface area contributed by atoms with Gasteiger partial charge in [0.15, 0.2) is 0 Å². The van der Waals surface area contributed by atoms with Gasteiger partial charge in [0.1, 0.15) is 5.01 Å². The van der Waals surface area contributed by atoms with Crippen LogP contribution >= 0.6 is 11.3 Å². The lowest BCUT2D eigenvalue weighted by Crippen LogP contribution is -2.35. The summed E-state index contributed by atoms with van der Waals surface area (Å²) >= 11 is 1.44. The molecule has 104 valence electrons. The number of ether oxygens (including phenoxy) is 1. The average Bonchev–Trinajstić information content (AvgIpc) is 2.83. The lowest BCUT2D eigenvalue weighted by Gasteiger charge is -2.19. The van der Waals surface area contributed by atoms with E-state index in [0.717, 1.165) is 10.7 Å². The molecule has 0 aliphatic heterocycles. The Morgan fingerprint density at radius 2 is 2.11 bits per heavy atom. The highest BCUT2D eigenvalue weighted by molar-refractivity contribution is 7.13. The third kappa shape index (κ3) is 4.00. The summed E-state index contributed by atoms with van der Waals surface area (Å²) in [5, 5.41) is 17.2. The van der Waals surface area contributed by atoms with E-state index in [2.05, 4.69) is 41.4 Å². The van der Waals surface area contributed by atoms with Gasteiger partial charge < -0.3 is 10.1 Å². The topological polar surface area (TPSA) is 64.9 Å². The van der Waals surface area contributed by atoms with Crippen LogP contribution in [0.25, 0.3) is 0 Å². The highest BCUT2D eigenvalue weighted by Crippen LogP contribution is 2.25. The zero-order chi connectivity index (χ0) is 14.0. The molecule has 1 N–H and O–H groups in total. The van der Waals surface area contributed by atoms with Gasteiger partial charge in [0, 0.05) is 18.7 Å². The van der Waals surface area contributed by atoms with Gasteiger partial charge in [-0.05, 0) is 27.7 Å². The zero-order valence-corrected chi connectivity index (χ0v) is 12.7. The highest BCUT2D eigenvalue weighted by atomic mass is 32.1. The monoisotopic (exact) mass is 281 g/mol. The van der Waals surface area contributed by atoms with Gasteiger partial charge in [0.05, 0.1) is 12.2 Å². The van der Waals surface area contributed by atoms with Crippen LogP contribution in [0.3, 0.4) is 0 Å². The Morgan fingerprint density at radius 1 is 1.37 bits per heavy atom. The fourth-order valence-corrected chi connectivity index (χ4v) is 2.10. The molecule has 0 spiro atoms. The van der Waals surface area contributed by atoms with Crippen LogP contribution in [0.15, 0.2) is 6.07 Å². The van der Waals surface area contributed by atoms with E-state index >= 15 is 0 Å². The predicted octanol–water partition coefficient (Wildman–Crippen LogP) is 2.26. The molecule has 0 aliphatic rings. The quantitative estimate of drug-likeness (QED) is 0.931. The fourth-order valence-electron chi connectivity index (χ4n) is 1.46. The van der Waals surface area contributed by atoms with E-state index in [9.17, 15) is 0 Å². The molecule has 6 nitrogen and oxygen atoms in total. The van der Waals surface area contributed by atoms with Crippen LogP contribution in [0, 0.1) is 6.92 Å². The van der Waals surface area contributed by atoms with E-state index in [-0.39, 0.29) is 5.54 Å². The van der Waals surface area contributed by atoms with Crippen molar-refractivity contribution in [2.45, 2.75) is 39.8 Å². The first-order chi connectivity index (χ1) is 8.83. The van der Waals surface area contributed by atoms with E-state index in [1.165, 1.54) is 11.3 Å². The van der Waals surface area contributed by atoms with Crippen molar-refractivity contribution in [1.29, 1.82) is 0 Å². The lowest BCUT2D eigenvalue weighted by atomic mass is 10.1. The first kappa shape index (κ1) is 14.0. The summed E-state index contributed by atoms with van der Waals surface area (Å²) < 4.78 is 7.34. The molecule has 2 aromatic heterocycles. The van der Waals surface area contributed by atoms with Crippen LogP contribution in [0.5, 0.6) is 11.1 Å². The summed E-state index contributed by atoms with van der Waals surface area (Å²) in [7, 11) is 1.84. The smallest absolute Gasteiger partial charge is 0.300 e. The number of rotatable bonds is 4. The molecule has 0 saturated heterocycles. The van der Waals surface area contributed by atoms with Gasteiger partial charge in [-0.3, -0.25) is 0 Å². The molecule has 0 atom stereocenters. The zero-order valence-electron chi connectivity index (χ0n) is 11.9. The number of nitrogens with zero attached hydrogens (tertiary/aromatic N) is 4.